The van der Waals surface area contributed by atoms with E-state index in [0.29, 0.717) is 0 Å². The van der Waals surface area contributed by atoms with Crippen molar-refractivity contribution >= 4 is 23.6 Å². The Bertz CT molecular complexity index is 436. The van der Waals surface area contributed by atoms with Crippen LogP contribution >= 0.6 is 11.8 Å². The van der Waals surface area contributed by atoms with Crippen LogP contribution in [0.1, 0.15) is 25.8 Å². The normalized spacial score (nSPS) is 13.3. The molecule has 110 valence electrons. The van der Waals surface area contributed by atoms with E-state index in [0.717, 1.165) is 5.75 Å². The van der Waals surface area contributed by atoms with Gasteiger partial charge in [0, 0.05) is 11.8 Å². The standard InChI is InChI=1S/C15H21NO3S/c1-11(9-14(17)19-3)16-15(18)12(2)20-10-13-7-5-4-6-8-13/h4-8,11-12H,9-10H2,1-3H3,(H,16,18). The molecule has 0 radical (unpaired) electrons. The van der Waals surface area contributed by atoms with E-state index in [1.54, 1.807) is 18.7 Å². The van der Waals surface area contributed by atoms with E-state index >= 15 is 0 Å². The zero-order valence-corrected chi connectivity index (χ0v) is 12.9. The van der Waals surface area contributed by atoms with Crippen LogP contribution in [0.4, 0.5) is 0 Å². The van der Waals surface area contributed by atoms with Gasteiger partial charge in [0.25, 0.3) is 0 Å². The number of carbonyl (C=O) groups is 2. The summed E-state index contributed by atoms with van der Waals surface area (Å²) >= 11 is 1.58. The van der Waals surface area contributed by atoms with Gasteiger partial charge in [0.05, 0.1) is 18.8 Å². The highest BCUT2D eigenvalue weighted by atomic mass is 32.2. The van der Waals surface area contributed by atoms with Crippen LogP contribution in [-0.2, 0) is 20.1 Å². The number of nitrogens with one attached hydrogen (secondary N) is 1. The highest BCUT2D eigenvalue weighted by Crippen LogP contribution is 2.17. The van der Waals surface area contributed by atoms with Crippen LogP contribution in [0.25, 0.3) is 0 Å². The second-order valence-electron chi connectivity index (χ2n) is 4.63. The molecule has 1 rings (SSSR count). The minimum atomic E-state index is -0.317. The van der Waals surface area contributed by atoms with E-state index in [1.807, 2.05) is 37.3 Å². The van der Waals surface area contributed by atoms with Gasteiger partial charge in [0.1, 0.15) is 0 Å². The Morgan fingerprint density at radius 1 is 1.25 bits per heavy atom. The number of rotatable bonds is 7. The Morgan fingerprint density at radius 2 is 1.90 bits per heavy atom. The molecule has 0 saturated heterocycles. The molecule has 4 nitrogen and oxygen atoms in total. The molecule has 0 saturated carbocycles. The number of ether oxygens (including phenoxy) is 1. The predicted molar refractivity (Wildman–Crippen MR) is 81.4 cm³/mol. The summed E-state index contributed by atoms with van der Waals surface area (Å²) in [7, 11) is 1.34. The van der Waals surface area contributed by atoms with Gasteiger partial charge < -0.3 is 10.1 Å². The molecule has 0 aliphatic rings. The third kappa shape index (κ3) is 6.10. The molecule has 1 amide bonds. The summed E-state index contributed by atoms with van der Waals surface area (Å²) in [5, 5.41) is 2.66. The van der Waals surface area contributed by atoms with E-state index in [4.69, 9.17) is 0 Å². The SMILES string of the molecule is COC(=O)CC(C)NC(=O)C(C)SCc1ccccc1. The number of amides is 1. The van der Waals surface area contributed by atoms with Gasteiger partial charge in [0.2, 0.25) is 5.91 Å². The van der Waals surface area contributed by atoms with Gasteiger partial charge in [0.15, 0.2) is 0 Å². The minimum absolute atomic E-state index is 0.0534. The summed E-state index contributed by atoms with van der Waals surface area (Å²) < 4.78 is 4.57. The highest BCUT2D eigenvalue weighted by Gasteiger charge is 2.17. The molecule has 2 unspecified atom stereocenters. The maximum absolute atomic E-state index is 12.0. The van der Waals surface area contributed by atoms with E-state index < -0.39 is 0 Å². The van der Waals surface area contributed by atoms with E-state index in [2.05, 4.69) is 10.1 Å². The van der Waals surface area contributed by atoms with Crippen LogP contribution in [0.3, 0.4) is 0 Å². The van der Waals surface area contributed by atoms with Gasteiger partial charge in [-0.05, 0) is 19.4 Å². The third-order valence-electron chi connectivity index (χ3n) is 2.80. The fourth-order valence-electron chi connectivity index (χ4n) is 1.62. The highest BCUT2D eigenvalue weighted by molar-refractivity contribution is 7.99. The molecule has 0 spiro atoms. The summed E-state index contributed by atoms with van der Waals surface area (Å²) in [4.78, 5) is 23.1. The summed E-state index contributed by atoms with van der Waals surface area (Å²) in [5.74, 6) is 0.422. The molecule has 0 heterocycles. The summed E-state index contributed by atoms with van der Waals surface area (Å²) in [6.07, 6.45) is 0.193. The van der Waals surface area contributed by atoms with Crippen LogP contribution < -0.4 is 5.32 Å². The average Bonchev–Trinajstić information content (AvgIpc) is 2.45. The Balaban J connectivity index is 2.33. The van der Waals surface area contributed by atoms with Gasteiger partial charge in [-0.3, -0.25) is 9.59 Å². The first kappa shape index (κ1) is 16.6. The zero-order chi connectivity index (χ0) is 15.0. The van der Waals surface area contributed by atoms with E-state index in [-0.39, 0.29) is 29.6 Å². The third-order valence-corrected chi connectivity index (χ3v) is 4.02. The quantitative estimate of drug-likeness (QED) is 0.785. The number of thioether (sulfide) groups is 1. The van der Waals surface area contributed by atoms with Crippen molar-refractivity contribution in [1.82, 2.24) is 5.32 Å². The Labute approximate surface area is 124 Å². The van der Waals surface area contributed by atoms with Crippen LogP contribution in [0.15, 0.2) is 30.3 Å². The van der Waals surface area contributed by atoms with Crippen molar-refractivity contribution < 1.29 is 14.3 Å². The largest absolute Gasteiger partial charge is 0.469 e. The summed E-state index contributed by atoms with van der Waals surface area (Å²) in [5.41, 5.74) is 1.19. The van der Waals surface area contributed by atoms with E-state index in [1.165, 1.54) is 12.7 Å². The second kappa shape index (κ2) is 8.64. The Kier molecular flexibility index (Phi) is 7.15. The monoisotopic (exact) mass is 295 g/mol. The number of esters is 1. The van der Waals surface area contributed by atoms with Crippen LogP contribution in [-0.4, -0.2) is 30.3 Å². The first-order valence-electron chi connectivity index (χ1n) is 6.55. The summed E-state index contributed by atoms with van der Waals surface area (Å²) in [6, 6.07) is 9.81. The number of benzene rings is 1. The number of carbonyl (C=O) groups excluding carboxylic acids is 2. The van der Waals surface area contributed by atoms with Crippen molar-refractivity contribution in [3.63, 3.8) is 0 Å². The van der Waals surface area contributed by atoms with Gasteiger partial charge in [-0.1, -0.05) is 30.3 Å². The van der Waals surface area contributed by atoms with Gasteiger partial charge in [-0.2, -0.15) is 0 Å². The lowest BCUT2D eigenvalue weighted by Gasteiger charge is -2.16. The Hall–Kier alpha value is -1.49. The first-order valence-corrected chi connectivity index (χ1v) is 7.60. The van der Waals surface area contributed by atoms with Crippen molar-refractivity contribution in [3.05, 3.63) is 35.9 Å². The first-order chi connectivity index (χ1) is 9.52. The molecule has 0 aliphatic heterocycles. The predicted octanol–water partition coefficient (Wildman–Crippen LogP) is 2.38. The van der Waals surface area contributed by atoms with Crippen LogP contribution in [0.5, 0.6) is 0 Å². The molecular formula is C15H21NO3S. The van der Waals surface area contributed by atoms with Gasteiger partial charge >= 0.3 is 5.97 Å². The molecule has 0 aromatic heterocycles. The lowest BCUT2D eigenvalue weighted by Crippen LogP contribution is -2.39. The van der Waals surface area contributed by atoms with E-state index in [9.17, 15) is 9.59 Å². The fourth-order valence-corrected chi connectivity index (χ4v) is 2.47. The second-order valence-corrected chi connectivity index (χ2v) is 5.96. The number of methoxy groups -OCH3 is 1. The lowest BCUT2D eigenvalue weighted by atomic mass is 10.2. The molecule has 5 heteroatoms. The van der Waals surface area contributed by atoms with Crippen molar-refractivity contribution in [2.24, 2.45) is 0 Å². The smallest absolute Gasteiger partial charge is 0.307 e. The van der Waals surface area contributed by atoms with Crippen molar-refractivity contribution in [2.45, 2.75) is 37.3 Å². The summed E-state index contributed by atoms with van der Waals surface area (Å²) in [6.45, 7) is 3.66. The molecule has 1 N–H and O–H groups in total. The lowest BCUT2D eigenvalue weighted by molar-refractivity contribution is -0.141. The molecular weight excluding hydrogens is 274 g/mol. The van der Waals surface area contributed by atoms with Crippen molar-refractivity contribution in [1.29, 1.82) is 0 Å². The maximum atomic E-state index is 12.0. The van der Waals surface area contributed by atoms with Crippen LogP contribution in [0.2, 0.25) is 0 Å². The van der Waals surface area contributed by atoms with Gasteiger partial charge in [-0.25, -0.2) is 0 Å². The Morgan fingerprint density at radius 3 is 2.50 bits per heavy atom. The fraction of sp³-hybridized carbons (Fsp3) is 0.467. The number of hydrogen-bond acceptors (Lipinski definition) is 4. The van der Waals surface area contributed by atoms with Crippen molar-refractivity contribution in [3.8, 4) is 0 Å². The van der Waals surface area contributed by atoms with Gasteiger partial charge in [-0.15, -0.1) is 11.8 Å². The molecule has 2 atom stereocenters. The molecule has 0 fully saturated rings. The molecule has 0 bridgehead atoms. The molecule has 20 heavy (non-hydrogen) atoms. The maximum Gasteiger partial charge on any atom is 0.307 e. The average molecular weight is 295 g/mol. The molecule has 1 aromatic carbocycles. The zero-order valence-electron chi connectivity index (χ0n) is 12.1. The van der Waals surface area contributed by atoms with Crippen LogP contribution in [0, 0.1) is 0 Å². The topological polar surface area (TPSA) is 55.4 Å². The number of hydrogen-bond donors (Lipinski definition) is 1. The van der Waals surface area contributed by atoms with Crippen molar-refractivity contribution in [2.75, 3.05) is 7.11 Å². The molecule has 0 aliphatic carbocycles. The molecule has 1 aromatic rings. The minimum Gasteiger partial charge on any atom is -0.469 e.